The van der Waals surface area contributed by atoms with E-state index in [0.717, 1.165) is 10.5 Å². The number of aliphatic carboxylic acids is 1. The van der Waals surface area contributed by atoms with E-state index in [0.29, 0.717) is 11.5 Å². The Labute approximate surface area is 98.6 Å². The molecule has 0 saturated carbocycles. The Morgan fingerprint density at radius 2 is 1.88 bits per heavy atom. The minimum absolute atomic E-state index is 0.0173. The van der Waals surface area contributed by atoms with Crippen LogP contribution >= 0.6 is 11.8 Å². The molecule has 0 amide bonds. The largest absolute Gasteiger partial charge is 0.493 e. The molecule has 0 spiro atoms. The van der Waals surface area contributed by atoms with Gasteiger partial charge in [0.1, 0.15) is 0 Å². The molecule has 0 fully saturated rings. The van der Waals surface area contributed by atoms with E-state index < -0.39 is 5.97 Å². The molecule has 1 N–H and O–H groups in total. The van der Waals surface area contributed by atoms with Crippen LogP contribution < -0.4 is 9.47 Å². The minimum Gasteiger partial charge on any atom is -0.493 e. The van der Waals surface area contributed by atoms with Crippen molar-refractivity contribution >= 4 is 17.7 Å². The zero-order valence-electron chi connectivity index (χ0n) is 9.44. The van der Waals surface area contributed by atoms with Gasteiger partial charge >= 0.3 is 5.97 Å². The Kier molecular flexibility index (Phi) is 4.49. The standard InChI is InChI=1S/C11H14O4S/c1-14-8-4-7(5-11(12)13)10(16-3)6-9(8)15-2/h4,6H,5H2,1-3H3,(H,12,13). The van der Waals surface area contributed by atoms with Crippen LogP contribution in [0.2, 0.25) is 0 Å². The fraction of sp³-hybridized carbons (Fsp3) is 0.364. The number of methoxy groups -OCH3 is 2. The maximum Gasteiger partial charge on any atom is 0.307 e. The molecular formula is C11H14O4S. The zero-order chi connectivity index (χ0) is 12.1. The zero-order valence-corrected chi connectivity index (χ0v) is 10.3. The molecule has 1 aromatic rings. The van der Waals surface area contributed by atoms with Crippen LogP contribution in [0.5, 0.6) is 11.5 Å². The summed E-state index contributed by atoms with van der Waals surface area (Å²) in [4.78, 5) is 11.6. The van der Waals surface area contributed by atoms with Crippen molar-refractivity contribution in [2.24, 2.45) is 0 Å². The quantitative estimate of drug-likeness (QED) is 0.801. The van der Waals surface area contributed by atoms with E-state index in [1.807, 2.05) is 6.26 Å². The summed E-state index contributed by atoms with van der Waals surface area (Å²) in [5.41, 5.74) is 0.734. The van der Waals surface area contributed by atoms with Crippen LogP contribution in [0, 0.1) is 0 Å². The van der Waals surface area contributed by atoms with Crippen LogP contribution in [0.1, 0.15) is 5.56 Å². The van der Waals surface area contributed by atoms with Gasteiger partial charge in [-0.1, -0.05) is 0 Å². The van der Waals surface area contributed by atoms with Gasteiger partial charge in [-0.05, 0) is 24.0 Å². The van der Waals surface area contributed by atoms with Gasteiger partial charge in [-0.25, -0.2) is 0 Å². The lowest BCUT2D eigenvalue weighted by atomic mass is 10.1. The molecule has 0 radical (unpaired) electrons. The topological polar surface area (TPSA) is 55.8 Å². The molecule has 1 rings (SSSR count). The second-order valence-electron chi connectivity index (χ2n) is 3.09. The molecule has 0 atom stereocenters. The van der Waals surface area contributed by atoms with Crippen molar-refractivity contribution in [3.8, 4) is 11.5 Å². The van der Waals surface area contributed by atoms with Crippen LogP contribution in [0.3, 0.4) is 0 Å². The van der Waals surface area contributed by atoms with Gasteiger partial charge in [-0.15, -0.1) is 11.8 Å². The summed E-state index contributed by atoms with van der Waals surface area (Å²) in [6, 6.07) is 3.50. The van der Waals surface area contributed by atoms with Crippen LogP contribution in [0.15, 0.2) is 17.0 Å². The molecule has 0 bridgehead atoms. The number of carboxylic acids is 1. The van der Waals surface area contributed by atoms with Crippen LogP contribution in [0.25, 0.3) is 0 Å². The summed E-state index contributed by atoms with van der Waals surface area (Å²) in [6.07, 6.45) is 1.88. The summed E-state index contributed by atoms with van der Waals surface area (Å²) >= 11 is 1.49. The lowest BCUT2D eigenvalue weighted by Crippen LogP contribution is -2.03. The van der Waals surface area contributed by atoms with E-state index in [9.17, 15) is 4.79 Å². The predicted molar refractivity (Wildman–Crippen MR) is 62.7 cm³/mol. The third kappa shape index (κ3) is 2.82. The number of hydrogen-bond donors (Lipinski definition) is 1. The molecule has 0 saturated heterocycles. The third-order valence-electron chi connectivity index (χ3n) is 2.13. The Hall–Kier alpha value is -1.36. The van der Waals surface area contributed by atoms with Crippen molar-refractivity contribution in [1.29, 1.82) is 0 Å². The lowest BCUT2D eigenvalue weighted by Gasteiger charge is -2.12. The number of ether oxygens (including phenoxy) is 2. The Bertz CT molecular complexity index is 390. The number of carboxylic acid groups (broad SMARTS) is 1. The highest BCUT2D eigenvalue weighted by molar-refractivity contribution is 7.98. The third-order valence-corrected chi connectivity index (χ3v) is 2.95. The molecular weight excluding hydrogens is 228 g/mol. The van der Waals surface area contributed by atoms with Crippen molar-refractivity contribution in [3.63, 3.8) is 0 Å². The minimum atomic E-state index is -0.859. The van der Waals surface area contributed by atoms with E-state index in [-0.39, 0.29) is 6.42 Å². The van der Waals surface area contributed by atoms with E-state index >= 15 is 0 Å². The highest BCUT2D eigenvalue weighted by Crippen LogP contribution is 2.34. The molecule has 4 nitrogen and oxygen atoms in total. The molecule has 0 aromatic heterocycles. The van der Waals surface area contributed by atoms with Crippen molar-refractivity contribution in [1.82, 2.24) is 0 Å². The first kappa shape index (κ1) is 12.7. The maximum absolute atomic E-state index is 10.7. The van der Waals surface area contributed by atoms with Crippen LogP contribution in [-0.2, 0) is 11.2 Å². The second-order valence-corrected chi connectivity index (χ2v) is 3.94. The van der Waals surface area contributed by atoms with Gasteiger partial charge < -0.3 is 14.6 Å². The van der Waals surface area contributed by atoms with Crippen LogP contribution in [-0.4, -0.2) is 31.6 Å². The van der Waals surface area contributed by atoms with E-state index in [1.165, 1.54) is 18.9 Å². The number of rotatable bonds is 5. The summed E-state index contributed by atoms with van der Waals surface area (Å²) in [6.45, 7) is 0. The van der Waals surface area contributed by atoms with E-state index in [4.69, 9.17) is 14.6 Å². The molecule has 0 aliphatic carbocycles. The average molecular weight is 242 g/mol. The maximum atomic E-state index is 10.7. The summed E-state index contributed by atoms with van der Waals surface area (Å²) < 4.78 is 10.3. The molecule has 0 aliphatic rings. The summed E-state index contributed by atoms with van der Waals surface area (Å²) in [5.74, 6) is 0.306. The number of hydrogen-bond acceptors (Lipinski definition) is 4. The van der Waals surface area contributed by atoms with Gasteiger partial charge in [0.05, 0.1) is 20.6 Å². The predicted octanol–water partition coefficient (Wildman–Crippen LogP) is 2.05. The lowest BCUT2D eigenvalue weighted by molar-refractivity contribution is -0.136. The first-order valence-corrected chi connectivity index (χ1v) is 5.85. The molecule has 16 heavy (non-hydrogen) atoms. The molecule has 88 valence electrons. The first-order chi connectivity index (χ1) is 7.62. The van der Waals surface area contributed by atoms with E-state index in [1.54, 1.807) is 19.2 Å². The highest BCUT2D eigenvalue weighted by Gasteiger charge is 2.12. The number of benzene rings is 1. The summed E-state index contributed by atoms with van der Waals surface area (Å²) in [7, 11) is 3.08. The molecule has 0 heterocycles. The van der Waals surface area contributed by atoms with Gasteiger partial charge in [-0.2, -0.15) is 0 Å². The van der Waals surface area contributed by atoms with Crippen molar-refractivity contribution < 1.29 is 19.4 Å². The van der Waals surface area contributed by atoms with Crippen LogP contribution in [0.4, 0.5) is 0 Å². The fourth-order valence-corrected chi connectivity index (χ4v) is 2.01. The average Bonchev–Trinajstić information content (AvgIpc) is 2.27. The first-order valence-electron chi connectivity index (χ1n) is 4.63. The van der Waals surface area contributed by atoms with Gasteiger partial charge in [0.2, 0.25) is 0 Å². The van der Waals surface area contributed by atoms with Crippen molar-refractivity contribution in [2.45, 2.75) is 11.3 Å². The monoisotopic (exact) mass is 242 g/mol. The highest BCUT2D eigenvalue weighted by atomic mass is 32.2. The number of carbonyl (C=O) groups is 1. The fourth-order valence-electron chi connectivity index (χ4n) is 1.39. The van der Waals surface area contributed by atoms with E-state index in [2.05, 4.69) is 0 Å². The Morgan fingerprint density at radius 1 is 1.31 bits per heavy atom. The Morgan fingerprint density at radius 3 is 2.31 bits per heavy atom. The molecule has 0 aliphatic heterocycles. The Balaban J connectivity index is 3.20. The van der Waals surface area contributed by atoms with Crippen molar-refractivity contribution in [3.05, 3.63) is 17.7 Å². The van der Waals surface area contributed by atoms with Gasteiger partial charge in [0.25, 0.3) is 0 Å². The second kappa shape index (κ2) is 5.65. The van der Waals surface area contributed by atoms with Gasteiger partial charge in [-0.3, -0.25) is 4.79 Å². The van der Waals surface area contributed by atoms with Gasteiger partial charge in [0, 0.05) is 4.90 Å². The molecule has 5 heteroatoms. The van der Waals surface area contributed by atoms with Crippen molar-refractivity contribution in [2.75, 3.05) is 20.5 Å². The smallest absolute Gasteiger partial charge is 0.307 e. The van der Waals surface area contributed by atoms with Gasteiger partial charge in [0.15, 0.2) is 11.5 Å². The normalized spacial score (nSPS) is 9.94. The molecule has 0 unspecified atom stereocenters. The SMILES string of the molecule is COc1cc(CC(=O)O)c(SC)cc1OC. The summed E-state index contributed by atoms with van der Waals surface area (Å²) in [5, 5.41) is 8.80. The molecule has 1 aromatic carbocycles. The number of thioether (sulfide) groups is 1.